The summed E-state index contributed by atoms with van der Waals surface area (Å²) >= 11 is 6.57. The molecule has 0 aliphatic rings. The number of rotatable bonds is 6. The van der Waals surface area contributed by atoms with E-state index in [2.05, 4.69) is 38.8 Å². The maximum Gasteiger partial charge on any atom is 0.289 e. The van der Waals surface area contributed by atoms with Crippen LogP contribution in [0, 0.1) is 23.0 Å². The zero-order valence-electron chi connectivity index (χ0n) is 10.9. The molecule has 1 heterocycles. The van der Waals surface area contributed by atoms with Gasteiger partial charge in [-0.2, -0.15) is 0 Å². The lowest BCUT2D eigenvalue weighted by Gasteiger charge is -2.15. The van der Waals surface area contributed by atoms with Crippen LogP contribution in [0.1, 0.15) is 25.3 Å². The Morgan fingerprint density at radius 2 is 2.16 bits per heavy atom. The van der Waals surface area contributed by atoms with Crippen molar-refractivity contribution in [2.45, 2.75) is 33.2 Å². The maximum atomic E-state index is 12.1. The third-order valence-corrected chi connectivity index (χ3v) is 4.86. The van der Waals surface area contributed by atoms with Crippen molar-refractivity contribution in [1.82, 2.24) is 4.57 Å². The van der Waals surface area contributed by atoms with E-state index in [-0.39, 0.29) is 21.6 Å². The van der Waals surface area contributed by atoms with Crippen molar-refractivity contribution in [2.75, 3.05) is 5.33 Å². The van der Waals surface area contributed by atoms with Crippen LogP contribution in [0.3, 0.4) is 0 Å². The molecule has 0 aliphatic carbocycles. The molecular formula is C12H16Br2N2O3. The summed E-state index contributed by atoms with van der Waals surface area (Å²) in [4.78, 5) is 22.6. The normalized spacial score (nSPS) is 12.4. The molecule has 0 aliphatic heterocycles. The van der Waals surface area contributed by atoms with Crippen LogP contribution in [0.2, 0.25) is 0 Å². The molecule has 19 heavy (non-hydrogen) atoms. The first-order valence-corrected chi connectivity index (χ1v) is 7.93. The fraction of sp³-hybridized carbons (Fsp3) is 0.583. The number of pyridine rings is 1. The molecule has 5 nitrogen and oxygen atoms in total. The minimum atomic E-state index is -0.459. The van der Waals surface area contributed by atoms with Gasteiger partial charge in [0.1, 0.15) is 0 Å². The lowest BCUT2D eigenvalue weighted by atomic mass is 10.1. The van der Waals surface area contributed by atoms with Crippen molar-refractivity contribution in [3.05, 3.63) is 36.7 Å². The summed E-state index contributed by atoms with van der Waals surface area (Å²) in [6.45, 7) is 4.13. The first-order chi connectivity index (χ1) is 8.92. The second-order valence-electron chi connectivity index (χ2n) is 4.48. The highest BCUT2D eigenvalue weighted by Gasteiger charge is 2.19. The second-order valence-corrected chi connectivity index (χ2v) is 5.92. The van der Waals surface area contributed by atoms with E-state index in [9.17, 15) is 14.9 Å². The molecule has 0 bridgehead atoms. The van der Waals surface area contributed by atoms with Crippen LogP contribution < -0.4 is 5.56 Å². The molecular weight excluding hydrogens is 380 g/mol. The van der Waals surface area contributed by atoms with Gasteiger partial charge in [0.05, 0.1) is 15.6 Å². The van der Waals surface area contributed by atoms with E-state index < -0.39 is 4.92 Å². The molecule has 0 saturated carbocycles. The molecule has 0 aromatic carbocycles. The summed E-state index contributed by atoms with van der Waals surface area (Å²) in [5.41, 5.74) is 0.124. The van der Waals surface area contributed by atoms with E-state index in [0.29, 0.717) is 12.1 Å². The van der Waals surface area contributed by atoms with E-state index in [1.54, 1.807) is 6.92 Å². The molecule has 0 radical (unpaired) electrons. The maximum absolute atomic E-state index is 12.1. The van der Waals surface area contributed by atoms with Crippen LogP contribution in [0.15, 0.2) is 15.5 Å². The number of hydrogen-bond donors (Lipinski definition) is 0. The van der Waals surface area contributed by atoms with Crippen LogP contribution in [-0.4, -0.2) is 14.8 Å². The molecule has 1 rings (SSSR count). The average Bonchev–Trinajstić information content (AvgIpc) is 2.38. The third-order valence-electron chi connectivity index (χ3n) is 3.01. The van der Waals surface area contributed by atoms with E-state index >= 15 is 0 Å². The molecule has 106 valence electrons. The van der Waals surface area contributed by atoms with Gasteiger partial charge in [0.2, 0.25) is 0 Å². The van der Waals surface area contributed by atoms with Crippen LogP contribution in [0.25, 0.3) is 0 Å². The predicted molar refractivity (Wildman–Crippen MR) is 82.0 cm³/mol. The van der Waals surface area contributed by atoms with E-state index in [0.717, 1.165) is 18.2 Å². The smallest absolute Gasteiger partial charge is 0.289 e. The highest BCUT2D eigenvalue weighted by atomic mass is 79.9. The van der Waals surface area contributed by atoms with Gasteiger partial charge >= 0.3 is 0 Å². The van der Waals surface area contributed by atoms with Crippen LogP contribution in [0.5, 0.6) is 0 Å². The summed E-state index contributed by atoms with van der Waals surface area (Å²) in [6, 6.07) is 0. The Kier molecular flexibility index (Phi) is 6.19. The average molecular weight is 396 g/mol. The van der Waals surface area contributed by atoms with Crippen LogP contribution in [-0.2, 0) is 6.54 Å². The summed E-state index contributed by atoms with van der Waals surface area (Å²) in [5.74, 6) is 0.289. The highest BCUT2D eigenvalue weighted by molar-refractivity contribution is 9.10. The zero-order valence-corrected chi connectivity index (χ0v) is 14.0. The van der Waals surface area contributed by atoms with E-state index in [1.807, 2.05) is 0 Å². The molecule has 1 aromatic heterocycles. The molecule has 1 aromatic rings. The number of alkyl halides is 1. The van der Waals surface area contributed by atoms with Crippen LogP contribution >= 0.6 is 31.9 Å². The van der Waals surface area contributed by atoms with Crippen molar-refractivity contribution in [1.29, 1.82) is 0 Å². The zero-order chi connectivity index (χ0) is 14.6. The van der Waals surface area contributed by atoms with E-state index in [1.165, 1.54) is 10.8 Å². The molecule has 0 fully saturated rings. The van der Waals surface area contributed by atoms with Crippen molar-refractivity contribution < 1.29 is 4.92 Å². The van der Waals surface area contributed by atoms with Crippen LogP contribution in [0.4, 0.5) is 5.69 Å². The van der Waals surface area contributed by atoms with Gasteiger partial charge in [-0.1, -0.05) is 29.3 Å². The SMILES string of the molecule is CCCC(CBr)Cn1cc([N+](=O)[O-])c(C)c(Br)c1=O. The summed E-state index contributed by atoms with van der Waals surface area (Å²) in [5, 5.41) is 11.7. The van der Waals surface area contributed by atoms with Crippen molar-refractivity contribution >= 4 is 37.5 Å². The van der Waals surface area contributed by atoms with Crippen molar-refractivity contribution in [2.24, 2.45) is 5.92 Å². The molecule has 0 saturated heterocycles. The number of nitro groups is 1. The van der Waals surface area contributed by atoms with Gasteiger partial charge in [-0.25, -0.2) is 0 Å². The molecule has 0 spiro atoms. The van der Waals surface area contributed by atoms with Crippen molar-refractivity contribution in [3.63, 3.8) is 0 Å². The van der Waals surface area contributed by atoms with Crippen molar-refractivity contribution in [3.8, 4) is 0 Å². The topological polar surface area (TPSA) is 65.1 Å². The summed E-state index contributed by atoms with van der Waals surface area (Å²) < 4.78 is 1.70. The Balaban J connectivity index is 3.21. The number of aromatic nitrogens is 1. The second kappa shape index (κ2) is 7.19. The summed E-state index contributed by atoms with van der Waals surface area (Å²) in [6.07, 6.45) is 3.32. The lowest BCUT2D eigenvalue weighted by molar-refractivity contribution is -0.386. The largest absolute Gasteiger partial charge is 0.308 e. The first kappa shape index (κ1) is 16.4. The van der Waals surface area contributed by atoms with Gasteiger partial charge in [0, 0.05) is 17.4 Å². The molecule has 0 N–H and O–H groups in total. The van der Waals surface area contributed by atoms with Gasteiger partial charge in [-0.3, -0.25) is 14.9 Å². The fourth-order valence-corrected chi connectivity index (χ4v) is 2.88. The Morgan fingerprint density at radius 3 is 2.63 bits per heavy atom. The minimum absolute atomic E-state index is 0.0312. The first-order valence-electron chi connectivity index (χ1n) is 6.02. The highest BCUT2D eigenvalue weighted by Crippen LogP contribution is 2.23. The monoisotopic (exact) mass is 394 g/mol. The Labute approximate surface area is 128 Å². The third kappa shape index (κ3) is 3.89. The minimum Gasteiger partial charge on any atom is -0.308 e. The Bertz CT molecular complexity index is 528. The fourth-order valence-electron chi connectivity index (χ4n) is 1.93. The van der Waals surface area contributed by atoms with Gasteiger partial charge in [0.15, 0.2) is 0 Å². The number of halogens is 2. The quantitative estimate of drug-likeness (QED) is 0.419. The van der Waals surface area contributed by atoms with Gasteiger partial charge in [-0.05, 0) is 35.2 Å². The predicted octanol–water partition coefficient (Wildman–Crippen LogP) is 3.64. The Hall–Kier alpha value is -0.690. The Morgan fingerprint density at radius 1 is 1.53 bits per heavy atom. The molecule has 1 atom stereocenters. The van der Waals surface area contributed by atoms with E-state index in [4.69, 9.17) is 0 Å². The number of hydrogen-bond acceptors (Lipinski definition) is 3. The standard InChI is InChI=1S/C12H16Br2N2O3/c1-3-4-9(5-13)6-15-7-10(16(18)19)8(2)11(14)12(15)17/h7,9H,3-6H2,1-2H3. The summed E-state index contributed by atoms with van der Waals surface area (Å²) in [7, 11) is 0. The lowest BCUT2D eigenvalue weighted by Crippen LogP contribution is -2.26. The van der Waals surface area contributed by atoms with Gasteiger partial charge < -0.3 is 4.57 Å². The molecule has 0 amide bonds. The van der Waals surface area contributed by atoms with Gasteiger partial charge in [0.25, 0.3) is 11.2 Å². The number of nitrogens with zero attached hydrogens (tertiary/aromatic N) is 2. The molecule has 1 unspecified atom stereocenters. The van der Waals surface area contributed by atoms with Gasteiger partial charge in [-0.15, -0.1) is 0 Å². The molecule has 7 heteroatoms.